The Morgan fingerprint density at radius 3 is 2.58 bits per heavy atom. The summed E-state index contributed by atoms with van der Waals surface area (Å²) >= 11 is 0. The fourth-order valence-electron chi connectivity index (χ4n) is 3.27. The molecule has 2 aromatic carbocycles. The predicted octanol–water partition coefficient (Wildman–Crippen LogP) is 5.57. The third-order valence-electron chi connectivity index (χ3n) is 4.65. The second-order valence-electron chi connectivity index (χ2n) is 6.35. The standard InChI is InChI=1S/C20H20F3NO2/c1-2-17-10-8-15-12-16(20(21,22)23)9-11-18(15)24(17)19(25)26-13-14-6-4-3-5-7-14/h3-7,9,11-12,17H,2,8,10,13H2,1H3. The summed E-state index contributed by atoms with van der Waals surface area (Å²) in [5.41, 5.74) is 1.21. The molecule has 0 saturated carbocycles. The Balaban J connectivity index is 1.84. The number of alkyl halides is 3. The monoisotopic (exact) mass is 363 g/mol. The molecule has 1 aliphatic heterocycles. The molecule has 0 aromatic heterocycles. The van der Waals surface area contributed by atoms with Gasteiger partial charge in [0.1, 0.15) is 6.61 Å². The van der Waals surface area contributed by atoms with Gasteiger partial charge in [0.2, 0.25) is 0 Å². The molecule has 1 unspecified atom stereocenters. The average molecular weight is 363 g/mol. The first-order valence-corrected chi connectivity index (χ1v) is 8.60. The molecule has 0 fully saturated rings. The Kier molecular flexibility index (Phi) is 5.20. The van der Waals surface area contributed by atoms with Crippen LogP contribution in [0.5, 0.6) is 0 Å². The summed E-state index contributed by atoms with van der Waals surface area (Å²) in [6.07, 6.45) is -3.08. The first-order valence-electron chi connectivity index (χ1n) is 8.60. The zero-order chi connectivity index (χ0) is 18.7. The van der Waals surface area contributed by atoms with Crippen LogP contribution >= 0.6 is 0 Å². The van der Waals surface area contributed by atoms with Crippen LogP contribution in [0.2, 0.25) is 0 Å². The lowest BCUT2D eigenvalue weighted by atomic mass is 9.93. The van der Waals surface area contributed by atoms with E-state index in [0.717, 1.165) is 17.7 Å². The van der Waals surface area contributed by atoms with E-state index in [2.05, 4.69) is 0 Å². The molecule has 1 aliphatic rings. The van der Waals surface area contributed by atoms with E-state index >= 15 is 0 Å². The molecular formula is C20H20F3NO2. The lowest BCUT2D eigenvalue weighted by Gasteiger charge is -2.36. The number of hydrogen-bond donors (Lipinski definition) is 0. The molecule has 0 saturated heterocycles. The second kappa shape index (κ2) is 7.40. The highest BCUT2D eigenvalue weighted by atomic mass is 19.4. The van der Waals surface area contributed by atoms with Crippen LogP contribution in [-0.4, -0.2) is 12.1 Å². The van der Waals surface area contributed by atoms with Gasteiger partial charge in [-0.3, -0.25) is 4.90 Å². The number of aryl methyl sites for hydroxylation is 1. The minimum atomic E-state index is -4.39. The van der Waals surface area contributed by atoms with Gasteiger partial charge < -0.3 is 4.74 Å². The van der Waals surface area contributed by atoms with E-state index in [9.17, 15) is 18.0 Å². The SMILES string of the molecule is CCC1CCc2cc(C(F)(F)F)ccc2N1C(=O)OCc1ccccc1. The van der Waals surface area contributed by atoms with Crippen LogP contribution in [0.15, 0.2) is 48.5 Å². The second-order valence-corrected chi connectivity index (χ2v) is 6.35. The van der Waals surface area contributed by atoms with Crippen molar-refractivity contribution in [2.75, 3.05) is 4.90 Å². The molecule has 3 rings (SSSR count). The van der Waals surface area contributed by atoms with E-state index in [-0.39, 0.29) is 12.6 Å². The van der Waals surface area contributed by atoms with Gasteiger partial charge in [-0.1, -0.05) is 37.3 Å². The zero-order valence-electron chi connectivity index (χ0n) is 14.4. The van der Waals surface area contributed by atoms with Crippen molar-refractivity contribution in [1.29, 1.82) is 0 Å². The molecule has 0 spiro atoms. The predicted molar refractivity (Wildman–Crippen MR) is 93.0 cm³/mol. The smallest absolute Gasteiger partial charge is 0.416 e. The van der Waals surface area contributed by atoms with Crippen LogP contribution in [0.25, 0.3) is 0 Å². The number of carbonyl (C=O) groups excluding carboxylic acids is 1. The summed E-state index contributed by atoms with van der Waals surface area (Å²) < 4.78 is 44.3. The van der Waals surface area contributed by atoms with Crippen LogP contribution in [0.3, 0.4) is 0 Å². The Morgan fingerprint density at radius 2 is 1.92 bits per heavy atom. The number of nitrogens with zero attached hydrogens (tertiary/aromatic N) is 1. The molecule has 138 valence electrons. The van der Waals surface area contributed by atoms with Crippen molar-refractivity contribution in [1.82, 2.24) is 0 Å². The van der Waals surface area contributed by atoms with Crippen LogP contribution in [0.1, 0.15) is 36.5 Å². The molecule has 26 heavy (non-hydrogen) atoms. The molecule has 0 aliphatic carbocycles. The molecule has 0 bridgehead atoms. The molecule has 1 heterocycles. The third kappa shape index (κ3) is 3.84. The summed E-state index contributed by atoms with van der Waals surface area (Å²) in [5.74, 6) is 0. The van der Waals surface area contributed by atoms with Crippen molar-refractivity contribution in [3.63, 3.8) is 0 Å². The van der Waals surface area contributed by atoms with Gasteiger partial charge >= 0.3 is 12.3 Å². The van der Waals surface area contributed by atoms with Crippen molar-refractivity contribution in [3.8, 4) is 0 Å². The first kappa shape index (κ1) is 18.3. The highest BCUT2D eigenvalue weighted by Gasteiger charge is 2.35. The Labute approximate surface area is 150 Å². The van der Waals surface area contributed by atoms with Gasteiger partial charge in [-0.05, 0) is 48.6 Å². The summed E-state index contributed by atoms with van der Waals surface area (Å²) in [7, 11) is 0. The van der Waals surface area contributed by atoms with Crippen LogP contribution < -0.4 is 4.90 Å². The third-order valence-corrected chi connectivity index (χ3v) is 4.65. The number of rotatable bonds is 3. The van der Waals surface area contributed by atoms with Crippen molar-refractivity contribution in [3.05, 3.63) is 65.2 Å². The molecule has 1 atom stereocenters. The molecular weight excluding hydrogens is 343 g/mol. The minimum absolute atomic E-state index is 0.0810. The topological polar surface area (TPSA) is 29.5 Å². The highest BCUT2D eigenvalue weighted by molar-refractivity contribution is 5.90. The zero-order valence-corrected chi connectivity index (χ0v) is 14.4. The molecule has 0 N–H and O–H groups in total. The Bertz CT molecular complexity index is 774. The maximum atomic E-state index is 13.0. The number of ether oxygens (including phenoxy) is 1. The number of anilines is 1. The largest absolute Gasteiger partial charge is 0.444 e. The number of carbonyl (C=O) groups is 1. The molecule has 3 nitrogen and oxygen atoms in total. The van der Waals surface area contributed by atoms with E-state index in [4.69, 9.17) is 4.74 Å². The molecule has 1 amide bonds. The number of benzene rings is 2. The van der Waals surface area contributed by atoms with Crippen molar-refractivity contribution < 1.29 is 22.7 Å². The summed E-state index contributed by atoms with van der Waals surface area (Å²) in [6.45, 7) is 2.08. The van der Waals surface area contributed by atoms with Crippen molar-refractivity contribution in [2.45, 2.75) is 45.0 Å². The van der Waals surface area contributed by atoms with Crippen LogP contribution in [-0.2, 0) is 23.9 Å². The van der Waals surface area contributed by atoms with Crippen LogP contribution in [0.4, 0.5) is 23.7 Å². The van der Waals surface area contributed by atoms with E-state index in [1.54, 1.807) is 0 Å². The quantitative estimate of drug-likeness (QED) is 0.713. The Morgan fingerprint density at radius 1 is 1.19 bits per heavy atom. The summed E-state index contributed by atoms with van der Waals surface area (Å²) in [4.78, 5) is 14.2. The normalized spacial score (nSPS) is 16.9. The van der Waals surface area contributed by atoms with E-state index in [1.807, 2.05) is 37.3 Å². The maximum Gasteiger partial charge on any atom is 0.416 e. The number of fused-ring (bicyclic) bond motifs is 1. The van der Waals surface area contributed by atoms with E-state index in [0.29, 0.717) is 30.5 Å². The van der Waals surface area contributed by atoms with E-state index < -0.39 is 17.8 Å². The van der Waals surface area contributed by atoms with Gasteiger partial charge in [-0.25, -0.2) is 4.79 Å². The van der Waals surface area contributed by atoms with Crippen molar-refractivity contribution >= 4 is 11.8 Å². The minimum Gasteiger partial charge on any atom is -0.444 e. The van der Waals surface area contributed by atoms with Gasteiger partial charge in [0, 0.05) is 6.04 Å². The lowest BCUT2D eigenvalue weighted by Crippen LogP contribution is -2.43. The Hall–Kier alpha value is -2.50. The summed E-state index contributed by atoms with van der Waals surface area (Å²) in [5, 5.41) is 0. The fraction of sp³-hybridized carbons (Fsp3) is 0.350. The summed E-state index contributed by atoms with van der Waals surface area (Å²) in [6, 6.07) is 12.7. The molecule has 0 radical (unpaired) electrons. The van der Waals surface area contributed by atoms with Gasteiger partial charge in [0.15, 0.2) is 0 Å². The molecule has 2 aromatic rings. The van der Waals surface area contributed by atoms with Crippen molar-refractivity contribution in [2.24, 2.45) is 0 Å². The lowest BCUT2D eigenvalue weighted by molar-refractivity contribution is -0.137. The maximum absolute atomic E-state index is 13.0. The van der Waals surface area contributed by atoms with Gasteiger partial charge in [-0.15, -0.1) is 0 Å². The molecule has 6 heteroatoms. The van der Waals surface area contributed by atoms with Gasteiger partial charge in [-0.2, -0.15) is 13.2 Å². The number of hydrogen-bond acceptors (Lipinski definition) is 2. The van der Waals surface area contributed by atoms with E-state index in [1.165, 1.54) is 11.0 Å². The van der Waals surface area contributed by atoms with Crippen LogP contribution in [0, 0.1) is 0 Å². The van der Waals surface area contributed by atoms with Gasteiger partial charge in [0.25, 0.3) is 0 Å². The first-order chi connectivity index (χ1) is 12.4. The van der Waals surface area contributed by atoms with Gasteiger partial charge in [0.05, 0.1) is 11.3 Å². The fourth-order valence-corrected chi connectivity index (χ4v) is 3.27. The highest BCUT2D eigenvalue weighted by Crippen LogP contribution is 2.37. The number of halogens is 3. The number of amides is 1. The average Bonchev–Trinajstić information content (AvgIpc) is 2.64.